The molecule has 134 valence electrons. The number of carbonyl (C=O) groups is 1. The van der Waals surface area contributed by atoms with Crippen molar-refractivity contribution in [2.75, 3.05) is 5.32 Å². The highest BCUT2D eigenvalue weighted by Crippen LogP contribution is 2.22. The molecule has 0 bridgehead atoms. The van der Waals surface area contributed by atoms with Crippen LogP contribution in [-0.4, -0.2) is 20.4 Å². The van der Waals surface area contributed by atoms with Gasteiger partial charge in [-0.2, -0.15) is 0 Å². The molecular weight excluding hydrogens is 360 g/mol. The number of aryl methyl sites for hydroxylation is 1. The SMILES string of the molecule is CCc1ccc(NC(=O)c2cc(S(=O)(=O)NC(C)C)ccc2Cl)cc1. The minimum atomic E-state index is -3.70. The number of hydrogen-bond donors (Lipinski definition) is 2. The second kappa shape index (κ2) is 7.99. The fourth-order valence-electron chi connectivity index (χ4n) is 2.25. The van der Waals surface area contributed by atoms with E-state index in [0.717, 1.165) is 12.0 Å². The van der Waals surface area contributed by atoms with E-state index in [1.807, 2.05) is 19.1 Å². The standard InChI is InChI=1S/C18H21ClN2O3S/c1-4-13-5-7-14(8-6-13)20-18(22)16-11-15(9-10-17(16)19)25(23,24)21-12(2)3/h5-12,21H,4H2,1-3H3,(H,20,22). The van der Waals surface area contributed by atoms with Crippen LogP contribution in [-0.2, 0) is 16.4 Å². The predicted molar refractivity (Wildman–Crippen MR) is 101 cm³/mol. The number of amides is 1. The lowest BCUT2D eigenvalue weighted by Crippen LogP contribution is -2.30. The van der Waals surface area contributed by atoms with E-state index in [2.05, 4.69) is 10.0 Å². The first-order chi connectivity index (χ1) is 11.7. The van der Waals surface area contributed by atoms with Gasteiger partial charge in [-0.25, -0.2) is 13.1 Å². The van der Waals surface area contributed by atoms with Gasteiger partial charge < -0.3 is 5.32 Å². The number of anilines is 1. The van der Waals surface area contributed by atoms with E-state index in [0.29, 0.717) is 5.69 Å². The van der Waals surface area contributed by atoms with E-state index in [1.54, 1.807) is 26.0 Å². The smallest absolute Gasteiger partial charge is 0.257 e. The van der Waals surface area contributed by atoms with Gasteiger partial charge in [-0.1, -0.05) is 30.7 Å². The van der Waals surface area contributed by atoms with Crippen molar-refractivity contribution in [3.63, 3.8) is 0 Å². The molecule has 0 radical (unpaired) electrons. The molecule has 2 rings (SSSR count). The van der Waals surface area contributed by atoms with Crippen LogP contribution < -0.4 is 10.0 Å². The highest BCUT2D eigenvalue weighted by molar-refractivity contribution is 7.89. The Morgan fingerprint density at radius 3 is 2.32 bits per heavy atom. The molecular formula is C18H21ClN2O3S. The largest absolute Gasteiger partial charge is 0.322 e. The van der Waals surface area contributed by atoms with Crippen LogP contribution in [0, 0.1) is 0 Å². The molecule has 0 unspecified atom stereocenters. The van der Waals surface area contributed by atoms with Crippen molar-refractivity contribution in [1.29, 1.82) is 0 Å². The second-order valence-electron chi connectivity index (χ2n) is 5.92. The Morgan fingerprint density at radius 1 is 1.12 bits per heavy atom. The van der Waals surface area contributed by atoms with Gasteiger partial charge in [0.05, 0.1) is 15.5 Å². The Labute approximate surface area is 153 Å². The van der Waals surface area contributed by atoms with Crippen molar-refractivity contribution in [3.05, 3.63) is 58.6 Å². The molecule has 0 aliphatic heterocycles. The lowest BCUT2D eigenvalue weighted by atomic mass is 10.1. The van der Waals surface area contributed by atoms with Gasteiger partial charge in [0.25, 0.3) is 5.91 Å². The number of sulfonamides is 1. The van der Waals surface area contributed by atoms with Gasteiger partial charge in [0.1, 0.15) is 0 Å². The van der Waals surface area contributed by atoms with Crippen molar-refractivity contribution in [2.24, 2.45) is 0 Å². The lowest BCUT2D eigenvalue weighted by Gasteiger charge is -2.12. The molecule has 2 N–H and O–H groups in total. The Bertz CT molecular complexity index is 862. The minimum absolute atomic E-state index is 0.00270. The van der Waals surface area contributed by atoms with Crippen molar-refractivity contribution >= 4 is 33.2 Å². The average molecular weight is 381 g/mol. The van der Waals surface area contributed by atoms with Crippen LogP contribution in [0.15, 0.2) is 47.4 Å². The van der Waals surface area contributed by atoms with Crippen molar-refractivity contribution < 1.29 is 13.2 Å². The third kappa shape index (κ3) is 5.04. The van der Waals surface area contributed by atoms with E-state index in [1.165, 1.54) is 18.2 Å². The molecule has 1 amide bonds. The molecule has 0 aliphatic carbocycles. The number of hydrogen-bond acceptors (Lipinski definition) is 3. The van der Waals surface area contributed by atoms with E-state index < -0.39 is 15.9 Å². The van der Waals surface area contributed by atoms with E-state index >= 15 is 0 Å². The zero-order chi connectivity index (χ0) is 18.6. The molecule has 25 heavy (non-hydrogen) atoms. The van der Waals surface area contributed by atoms with Gasteiger partial charge in [-0.15, -0.1) is 0 Å². The summed E-state index contributed by atoms with van der Waals surface area (Å²) < 4.78 is 27.0. The van der Waals surface area contributed by atoms with Gasteiger partial charge in [0.2, 0.25) is 10.0 Å². The second-order valence-corrected chi connectivity index (χ2v) is 8.04. The van der Waals surface area contributed by atoms with Gasteiger partial charge >= 0.3 is 0 Å². The number of rotatable bonds is 6. The first-order valence-electron chi connectivity index (χ1n) is 7.95. The third-order valence-corrected chi connectivity index (χ3v) is 5.49. The van der Waals surface area contributed by atoms with Crippen LogP contribution in [0.3, 0.4) is 0 Å². The molecule has 5 nitrogen and oxygen atoms in total. The summed E-state index contributed by atoms with van der Waals surface area (Å²) in [5.74, 6) is -0.462. The molecule has 7 heteroatoms. The molecule has 2 aromatic rings. The Balaban J connectivity index is 2.28. The normalized spacial score (nSPS) is 11.6. The maximum Gasteiger partial charge on any atom is 0.257 e. The lowest BCUT2D eigenvalue weighted by molar-refractivity contribution is 0.102. The van der Waals surface area contributed by atoms with E-state index in [9.17, 15) is 13.2 Å². The monoisotopic (exact) mass is 380 g/mol. The summed E-state index contributed by atoms with van der Waals surface area (Å²) in [6.07, 6.45) is 0.906. The summed E-state index contributed by atoms with van der Waals surface area (Å²) in [7, 11) is -3.70. The summed E-state index contributed by atoms with van der Waals surface area (Å²) in [5, 5.41) is 2.92. The molecule has 0 aliphatic rings. The molecule has 0 saturated heterocycles. The highest BCUT2D eigenvalue weighted by Gasteiger charge is 2.19. The first-order valence-corrected chi connectivity index (χ1v) is 9.81. The van der Waals surface area contributed by atoms with Crippen LogP contribution in [0.2, 0.25) is 5.02 Å². The number of nitrogens with one attached hydrogen (secondary N) is 2. The first kappa shape index (κ1) is 19.4. The van der Waals surface area contributed by atoms with E-state index in [-0.39, 0.29) is 21.5 Å². The summed E-state index contributed by atoms with van der Waals surface area (Å²) in [6.45, 7) is 5.49. The zero-order valence-electron chi connectivity index (χ0n) is 14.3. The number of halogens is 1. The molecule has 0 fully saturated rings. The zero-order valence-corrected chi connectivity index (χ0v) is 15.9. The fraction of sp³-hybridized carbons (Fsp3) is 0.278. The summed E-state index contributed by atoms with van der Waals surface area (Å²) in [4.78, 5) is 12.5. The molecule has 0 spiro atoms. The highest BCUT2D eigenvalue weighted by atomic mass is 35.5. The van der Waals surface area contributed by atoms with Crippen molar-refractivity contribution in [2.45, 2.75) is 38.1 Å². The van der Waals surface area contributed by atoms with Crippen LogP contribution >= 0.6 is 11.6 Å². The van der Waals surface area contributed by atoms with Crippen molar-refractivity contribution in [3.8, 4) is 0 Å². The summed E-state index contributed by atoms with van der Waals surface area (Å²) >= 11 is 6.08. The predicted octanol–water partition coefficient (Wildman–Crippen LogP) is 3.84. The maximum absolute atomic E-state index is 12.5. The minimum Gasteiger partial charge on any atom is -0.322 e. The Hall–Kier alpha value is -1.89. The Kier molecular flexibility index (Phi) is 6.21. The van der Waals surface area contributed by atoms with Gasteiger partial charge in [0, 0.05) is 11.7 Å². The molecule has 2 aromatic carbocycles. The number of benzene rings is 2. The third-order valence-electron chi connectivity index (χ3n) is 3.50. The van der Waals surface area contributed by atoms with E-state index in [4.69, 9.17) is 11.6 Å². The van der Waals surface area contributed by atoms with Crippen LogP contribution in [0.25, 0.3) is 0 Å². The molecule has 0 atom stereocenters. The quantitative estimate of drug-likeness (QED) is 0.799. The summed E-state index contributed by atoms with van der Waals surface area (Å²) in [5.41, 5.74) is 1.88. The summed E-state index contributed by atoms with van der Waals surface area (Å²) in [6, 6.07) is 11.2. The molecule has 0 aromatic heterocycles. The fourth-order valence-corrected chi connectivity index (χ4v) is 3.73. The molecule has 0 saturated carbocycles. The van der Waals surface area contributed by atoms with Crippen molar-refractivity contribution in [1.82, 2.24) is 4.72 Å². The average Bonchev–Trinajstić information content (AvgIpc) is 2.54. The van der Waals surface area contributed by atoms with Crippen LogP contribution in [0.5, 0.6) is 0 Å². The van der Waals surface area contributed by atoms with Gasteiger partial charge in [-0.05, 0) is 56.2 Å². The topological polar surface area (TPSA) is 75.3 Å². The Morgan fingerprint density at radius 2 is 1.76 bits per heavy atom. The number of carbonyl (C=O) groups excluding carboxylic acids is 1. The van der Waals surface area contributed by atoms with Gasteiger partial charge in [-0.3, -0.25) is 4.79 Å². The van der Waals surface area contributed by atoms with Gasteiger partial charge in [0.15, 0.2) is 0 Å². The van der Waals surface area contributed by atoms with Crippen LogP contribution in [0.4, 0.5) is 5.69 Å². The maximum atomic E-state index is 12.5. The molecule has 0 heterocycles. The van der Waals surface area contributed by atoms with Crippen LogP contribution in [0.1, 0.15) is 36.7 Å².